The molecule has 16 heavy (non-hydrogen) atoms. The van der Waals surface area contributed by atoms with Crippen molar-refractivity contribution in [3.05, 3.63) is 18.0 Å². The smallest absolute Gasteiger partial charge is 0.0624 e. The van der Waals surface area contributed by atoms with Crippen molar-refractivity contribution in [3.63, 3.8) is 0 Å². The Morgan fingerprint density at radius 2 is 2.25 bits per heavy atom. The molecule has 2 rings (SSSR count). The summed E-state index contributed by atoms with van der Waals surface area (Å²) in [5, 5.41) is 13.6. The van der Waals surface area contributed by atoms with Gasteiger partial charge in [-0.1, -0.05) is 19.8 Å². The third-order valence-electron chi connectivity index (χ3n) is 3.57. The molecule has 3 heteroatoms. The lowest BCUT2D eigenvalue weighted by atomic mass is 10.1. The Morgan fingerprint density at radius 1 is 1.50 bits per heavy atom. The van der Waals surface area contributed by atoms with E-state index in [4.69, 9.17) is 5.11 Å². The third-order valence-corrected chi connectivity index (χ3v) is 3.57. The van der Waals surface area contributed by atoms with E-state index < -0.39 is 0 Å². The van der Waals surface area contributed by atoms with E-state index in [0.717, 1.165) is 12.8 Å². The van der Waals surface area contributed by atoms with Crippen LogP contribution < -0.4 is 0 Å². The van der Waals surface area contributed by atoms with E-state index in [2.05, 4.69) is 29.0 Å². The molecule has 1 saturated carbocycles. The SMILES string of the molecule is CC(CO)CCc1ccn(C2CCCC2)n1. The summed E-state index contributed by atoms with van der Waals surface area (Å²) >= 11 is 0. The molecule has 1 atom stereocenters. The lowest BCUT2D eigenvalue weighted by molar-refractivity contribution is 0.230. The summed E-state index contributed by atoms with van der Waals surface area (Å²) in [7, 11) is 0. The molecule has 0 aliphatic heterocycles. The number of hydrogen-bond acceptors (Lipinski definition) is 2. The Bertz CT molecular complexity index is 315. The Kier molecular flexibility index (Phi) is 3.99. The van der Waals surface area contributed by atoms with Gasteiger partial charge in [-0.25, -0.2) is 0 Å². The normalized spacial score (nSPS) is 19.1. The van der Waals surface area contributed by atoms with E-state index >= 15 is 0 Å². The van der Waals surface area contributed by atoms with E-state index in [-0.39, 0.29) is 6.61 Å². The van der Waals surface area contributed by atoms with Crippen molar-refractivity contribution < 1.29 is 5.11 Å². The van der Waals surface area contributed by atoms with Crippen LogP contribution in [0, 0.1) is 5.92 Å². The average molecular weight is 222 g/mol. The van der Waals surface area contributed by atoms with Crippen LogP contribution in [0.2, 0.25) is 0 Å². The molecule has 1 aliphatic carbocycles. The van der Waals surface area contributed by atoms with E-state index in [1.54, 1.807) is 0 Å². The molecule has 1 heterocycles. The molecule has 0 spiro atoms. The van der Waals surface area contributed by atoms with Crippen molar-refractivity contribution in [2.24, 2.45) is 5.92 Å². The van der Waals surface area contributed by atoms with Crippen LogP contribution in [0.4, 0.5) is 0 Å². The molecule has 0 aromatic carbocycles. The topological polar surface area (TPSA) is 38.0 Å². The Morgan fingerprint density at radius 3 is 2.94 bits per heavy atom. The minimum absolute atomic E-state index is 0.281. The minimum Gasteiger partial charge on any atom is -0.396 e. The van der Waals surface area contributed by atoms with Crippen molar-refractivity contribution in [3.8, 4) is 0 Å². The second-order valence-corrected chi connectivity index (χ2v) is 5.05. The number of rotatable bonds is 5. The monoisotopic (exact) mass is 222 g/mol. The summed E-state index contributed by atoms with van der Waals surface area (Å²) in [5.74, 6) is 0.386. The maximum atomic E-state index is 8.96. The Labute approximate surface area is 97.5 Å². The fourth-order valence-corrected chi connectivity index (χ4v) is 2.37. The van der Waals surface area contributed by atoms with Crippen LogP contribution in [0.15, 0.2) is 12.3 Å². The summed E-state index contributed by atoms with van der Waals surface area (Å²) in [6.45, 7) is 2.36. The number of aromatic nitrogens is 2. The number of hydrogen-bond donors (Lipinski definition) is 1. The zero-order chi connectivity index (χ0) is 11.4. The zero-order valence-electron chi connectivity index (χ0n) is 10.1. The molecule has 0 amide bonds. The standard InChI is InChI=1S/C13H22N2O/c1-11(10-16)6-7-12-8-9-15(14-12)13-4-2-3-5-13/h8-9,11,13,16H,2-7,10H2,1H3. The summed E-state index contributed by atoms with van der Waals surface area (Å²) in [6.07, 6.45) is 9.40. The molecule has 1 N–H and O–H groups in total. The highest BCUT2D eigenvalue weighted by Gasteiger charge is 2.17. The van der Waals surface area contributed by atoms with Gasteiger partial charge < -0.3 is 5.11 Å². The van der Waals surface area contributed by atoms with Crippen molar-refractivity contribution in [2.75, 3.05) is 6.61 Å². The number of aliphatic hydroxyl groups excluding tert-OH is 1. The minimum atomic E-state index is 0.281. The van der Waals surface area contributed by atoms with Crippen molar-refractivity contribution in [1.82, 2.24) is 9.78 Å². The molecule has 0 bridgehead atoms. The first-order valence-electron chi connectivity index (χ1n) is 6.44. The zero-order valence-corrected chi connectivity index (χ0v) is 10.1. The Balaban J connectivity index is 1.86. The number of aryl methyl sites for hydroxylation is 1. The highest BCUT2D eigenvalue weighted by molar-refractivity contribution is 5.00. The van der Waals surface area contributed by atoms with Gasteiger partial charge in [-0.05, 0) is 37.7 Å². The predicted octanol–water partition coefficient (Wildman–Crippen LogP) is 2.56. The number of nitrogens with zero attached hydrogens (tertiary/aromatic N) is 2. The highest BCUT2D eigenvalue weighted by atomic mass is 16.3. The molecule has 1 aliphatic rings. The molecule has 1 unspecified atom stereocenters. The van der Waals surface area contributed by atoms with E-state index in [1.807, 2.05) is 0 Å². The van der Waals surface area contributed by atoms with Crippen LogP contribution in [-0.4, -0.2) is 21.5 Å². The van der Waals surface area contributed by atoms with Crippen molar-refractivity contribution in [2.45, 2.75) is 51.5 Å². The van der Waals surface area contributed by atoms with Gasteiger partial charge in [0.1, 0.15) is 0 Å². The molecule has 1 fully saturated rings. The second-order valence-electron chi connectivity index (χ2n) is 5.05. The van der Waals surface area contributed by atoms with Gasteiger partial charge in [-0.15, -0.1) is 0 Å². The summed E-state index contributed by atoms with van der Waals surface area (Å²) < 4.78 is 2.14. The largest absolute Gasteiger partial charge is 0.396 e. The van der Waals surface area contributed by atoms with Crippen LogP contribution in [0.1, 0.15) is 50.8 Å². The molecule has 3 nitrogen and oxygen atoms in total. The van der Waals surface area contributed by atoms with Crippen LogP contribution in [0.5, 0.6) is 0 Å². The van der Waals surface area contributed by atoms with Crippen LogP contribution in [0.3, 0.4) is 0 Å². The molecular weight excluding hydrogens is 200 g/mol. The van der Waals surface area contributed by atoms with Crippen LogP contribution in [-0.2, 0) is 6.42 Å². The van der Waals surface area contributed by atoms with Gasteiger partial charge in [0.05, 0.1) is 11.7 Å². The highest BCUT2D eigenvalue weighted by Crippen LogP contribution is 2.28. The summed E-state index contributed by atoms with van der Waals surface area (Å²) in [5.41, 5.74) is 1.17. The van der Waals surface area contributed by atoms with Gasteiger partial charge in [0.2, 0.25) is 0 Å². The molecular formula is C13H22N2O. The maximum Gasteiger partial charge on any atom is 0.0624 e. The van der Waals surface area contributed by atoms with Gasteiger partial charge >= 0.3 is 0 Å². The lowest BCUT2D eigenvalue weighted by Crippen LogP contribution is -2.06. The Hall–Kier alpha value is -0.830. The molecule has 1 aromatic heterocycles. The predicted molar refractivity (Wildman–Crippen MR) is 64.3 cm³/mol. The summed E-state index contributed by atoms with van der Waals surface area (Å²) in [6, 6.07) is 2.77. The fourth-order valence-electron chi connectivity index (χ4n) is 2.37. The fraction of sp³-hybridized carbons (Fsp3) is 0.769. The maximum absolute atomic E-state index is 8.96. The van der Waals surface area contributed by atoms with Gasteiger partial charge in [-0.2, -0.15) is 5.10 Å². The second kappa shape index (κ2) is 5.48. The average Bonchev–Trinajstić information content (AvgIpc) is 2.95. The molecule has 90 valence electrons. The van der Waals surface area contributed by atoms with Gasteiger partial charge in [0.15, 0.2) is 0 Å². The van der Waals surface area contributed by atoms with Crippen molar-refractivity contribution >= 4 is 0 Å². The number of aliphatic hydroxyl groups is 1. The molecule has 0 radical (unpaired) electrons. The van der Waals surface area contributed by atoms with Crippen LogP contribution >= 0.6 is 0 Å². The third kappa shape index (κ3) is 2.85. The van der Waals surface area contributed by atoms with E-state index in [9.17, 15) is 0 Å². The van der Waals surface area contributed by atoms with Crippen LogP contribution in [0.25, 0.3) is 0 Å². The summed E-state index contributed by atoms with van der Waals surface area (Å²) in [4.78, 5) is 0. The van der Waals surface area contributed by atoms with E-state index in [0.29, 0.717) is 12.0 Å². The van der Waals surface area contributed by atoms with Gasteiger partial charge in [0, 0.05) is 12.8 Å². The first kappa shape index (κ1) is 11.6. The first-order valence-corrected chi connectivity index (χ1v) is 6.44. The van der Waals surface area contributed by atoms with Gasteiger partial charge in [0.25, 0.3) is 0 Å². The first-order chi connectivity index (χ1) is 7.79. The molecule has 0 saturated heterocycles. The quantitative estimate of drug-likeness (QED) is 0.831. The van der Waals surface area contributed by atoms with Gasteiger partial charge in [-0.3, -0.25) is 4.68 Å². The molecule has 1 aromatic rings. The van der Waals surface area contributed by atoms with E-state index in [1.165, 1.54) is 31.4 Å². The van der Waals surface area contributed by atoms with Crippen molar-refractivity contribution in [1.29, 1.82) is 0 Å². The lowest BCUT2D eigenvalue weighted by Gasteiger charge is -2.09.